The van der Waals surface area contributed by atoms with E-state index in [0.717, 1.165) is 0 Å². The fourth-order valence-electron chi connectivity index (χ4n) is 3.30. The van der Waals surface area contributed by atoms with Gasteiger partial charge in [-0.15, -0.1) is 0 Å². The first-order valence-corrected chi connectivity index (χ1v) is 9.55. The van der Waals surface area contributed by atoms with Crippen LogP contribution in [0.25, 0.3) is 0 Å². The normalized spacial score (nSPS) is 15.3. The summed E-state index contributed by atoms with van der Waals surface area (Å²) in [6.45, 7) is 0. The number of aryl methyl sites for hydroxylation is 1. The molecular weight excluding hydrogens is 398 g/mol. The van der Waals surface area contributed by atoms with E-state index >= 15 is 0 Å². The summed E-state index contributed by atoms with van der Waals surface area (Å²) in [6, 6.07) is 12.0. The van der Waals surface area contributed by atoms with Crippen molar-refractivity contribution in [1.29, 1.82) is 0 Å². The van der Waals surface area contributed by atoms with E-state index in [9.17, 15) is 19.2 Å². The molecule has 0 saturated heterocycles. The largest absolute Gasteiger partial charge is 0.340 e. The van der Waals surface area contributed by atoms with Crippen LogP contribution in [0.5, 0.6) is 0 Å². The molecule has 9 heteroatoms. The Kier molecular flexibility index (Phi) is 5.31. The Bertz CT molecular complexity index is 1200. The van der Waals surface area contributed by atoms with Gasteiger partial charge in [-0.05, 0) is 24.3 Å². The maximum absolute atomic E-state index is 12.6. The number of rotatable bonds is 5. The van der Waals surface area contributed by atoms with E-state index in [0.29, 0.717) is 22.5 Å². The Morgan fingerprint density at radius 3 is 2.71 bits per heavy atom. The molecule has 0 bridgehead atoms. The first kappa shape index (κ1) is 20.0. The number of hydrogen-bond acceptors (Lipinski definition) is 5. The Hall–Kier alpha value is -4.27. The van der Waals surface area contributed by atoms with E-state index in [-0.39, 0.29) is 18.0 Å². The summed E-state index contributed by atoms with van der Waals surface area (Å²) < 4.78 is 1.61. The number of anilines is 2. The highest BCUT2D eigenvalue weighted by molar-refractivity contribution is 6.11. The zero-order valence-electron chi connectivity index (χ0n) is 16.6. The topological polar surface area (TPSA) is 122 Å². The lowest BCUT2D eigenvalue weighted by molar-refractivity contribution is -0.122. The number of nitrogens with one attached hydrogen (secondary N) is 3. The van der Waals surface area contributed by atoms with Gasteiger partial charge >= 0.3 is 0 Å². The summed E-state index contributed by atoms with van der Waals surface area (Å²) in [4.78, 5) is 54.0. The summed E-state index contributed by atoms with van der Waals surface area (Å²) in [5, 5.41) is 7.91. The highest BCUT2D eigenvalue weighted by Gasteiger charge is 2.29. The van der Waals surface area contributed by atoms with Gasteiger partial charge in [0, 0.05) is 30.7 Å². The van der Waals surface area contributed by atoms with Gasteiger partial charge in [0.05, 0.1) is 17.7 Å². The molecule has 0 fully saturated rings. The molecule has 2 aromatic carbocycles. The minimum Gasteiger partial charge on any atom is -0.340 e. The van der Waals surface area contributed by atoms with Gasteiger partial charge in [0.2, 0.25) is 17.6 Å². The van der Waals surface area contributed by atoms with Crippen LogP contribution in [0.3, 0.4) is 0 Å². The van der Waals surface area contributed by atoms with Crippen molar-refractivity contribution < 1.29 is 19.2 Å². The molecule has 4 rings (SSSR count). The number of fused-ring (bicyclic) bond motifs is 1. The van der Waals surface area contributed by atoms with Crippen LogP contribution < -0.4 is 16.0 Å². The van der Waals surface area contributed by atoms with Gasteiger partial charge in [0.25, 0.3) is 5.91 Å². The lowest BCUT2D eigenvalue weighted by atomic mass is 10.1. The van der Waals surface area contributed by atoms with Crippen molar-refractivity contribution in [3.63, 3.8) is 0 Å². The number of hydrogen-bond donors (Lipinski definition) is 3. The summed E-state index contributed by atoms with van der Waals surface area (Å²) in [6.07, 6.45) is 2.94. The van der Waals surface area contributed by atoms with Gasteiger partial charge in [0.1, 0.15) is 6.04 Å². The van der Waals surface area contributed by atoms with Crippen molar-refractivity contribution in [3.05, 3.63) is 77.9 Å². The second kappa shape index (κ2) is 8.23. The van der Waals surface area contributed by atoms with E-state index in [1.54, 1.807) is 60.3 Å². The molecule has 0 aliphatic carbocycles. The maximum atomic E-state index is 12.6. The van der Waals surface area contributed by atoms with E-state index in [4.69, 9.17) is 0 Å². The zero-order chi connectivity index (χ0) is 22.0. The molecule has 2 heterocycles. The van der Waals surface area contributed by atoms with Crippen molar-refractivity contribution in [3.8, 4) is 0 Å². The van der Waals surface area contributed by atoms with Gasteiger partial charge in [-0.25, -0.2) is 4.98 Å². The maximum Gasteiger partial charge on any atom is 0.254 e. The quantitative estimate of drug-likeness (QED) is 0.546. The van der Waals surface area contributed by atoms with E-state index in [1.807, 2.05) is 0 Å². The highest BCUT2D eigenvalue weighted by atomic mass is 16.2. The predicted molar refractivity (Wildman–Crippen MR) is 113 cm³/mol. The monoisotopic (exact) mass is 417 g/mol. The Labute approximate surface area is 177 Å². The predicted octanol–water partition coefficient (Wildman–Crippen LogP) is 1.73. The third kappa shape index (κ3) is 4.20. The smallest absolute Gasteiger partial charge is 0.254 e. The van der Waals surface area contributed by atoms with Crippen molar-refractivity contribution in [2.45, 2.75) is 12.5 Å². The molecule has 0 saturated carbocycles. The SMILES string of the molecule is Cn1ccnc1C(=O)c1cccc(NC(=O)C[C@@H]2NC(=O)c3ccccc3NC2=O)c1. The summed E-state index contributed by atoms with van der Waals surface area (Å²) in [5.74, 6) is -1.40. The number of carbonyl (C=O) groups is 4. The van der Waals surface area contributed by atoms with Crippen molar-refractivity contribution >= 4 is 34.9 Å². The number of imidazole rings is 1. The minimum atomic E-state index is -1.03. The second-order valence-electron chi connectivity index (χ2n) is 7.08. The molecular formula is C22H19N5O4. The number of carbonyl (C=O) groups excluding carboxylic acids is 4. The second-order valence-corrected chi connectivity index (χ2v) is 7.08. The van der Waals surface area contributed by atoms with Crippen LogP contribution in [-0.4, -0.2) is 39.1 Å². The summed E-state index contributed by atoms with van der Waals surface area (Å²) in [7, 11) is 1.72. The molecule has 9 nitrogen and oxygen atoms in total. The molecule has 1 atom stereocenters. The average molecular weight is 417 g/mol. The van der Waals surface area contributed by atoms with E-state index in [2.05, 4.69) is 20.9 Å². The molecule has 0 radical (unpaired) electrons. The molecule has 1 aromatic heterocycles. The molecule has 1 aliphatic heterocycles. The van der Waals surface area contributed by atoms with Crippen LogP contribution in [0.1, 0.15) is 33.0 Å². The first-order chi connectivity index (χ1) is 14.9. The first-order valence-electron chi connectivity index (χ1n) is 9.55. The van der Waals surface area contributed by atoms with Crippen LogP contribution in [0.4, 0.5) is 11.4 Å². The lowest BCUT2D eigenvalue weighted by Crippen LogP contribution is -2.43. The fourth-order valence-corrected chi connectivity index (χ4v) is 3.30. The van der Waals surface area contributed by atoms with Crippen LogP contribution in [0, 0.1) is 0 Å². The van der Waals surface area contributed by atoms with Crippen molar-refractivity contribution in [2.24, 2.45) is 7.05 Å². The highest BCUT2D eigenvalue weighted by Crippen LogP contribution is 2.19. The molecule has 31 heavy (non-hydrogen) atoms. The standard InChI is InChI=1S/C22H19N5O4/c1-27-10-9-23-20(27)19(29)13-5-4-6-14(11-13)24-18(28)12-17-22(31)25-16-8-3-2-7-15(16)21(30)26-17/h2-11,17H,12H2,1H3,(H,24,28)(H,25,31)(H,26,30)/t17-/m0/s1. The Balaban J connectivity index is 1.45. The number of ketones is 1. The molecule has 156 valence electrons. The molecule has 3 N–H and O–H groups in total. The van der Waals surface area contributed by atoms with Gasteiger partial charge in [-0.2, -0.15) is 0 Å². The van der Waals surface area contributed by atoms with Crippen molar-refractivity contribution in [2.75, 3.05) is 10.6 Å². The van der Waals surface area contributed by atoms with Crippen LogP contribution in [0.2, 0.25) is 0 Å². The van der Waals surface area contributed by atoms with Gasteiger partial charge in [-0.1, -0.05) is 24.3 Å². The number of amides is 3. The fraction of sp³-hybridized carbons (Fsp3) is 0.136. The van der Waals surface area contributed by atoms with Crippen LogP contribution >= 0.6 is 0 Å². The van der Waals surface area contributed by atoms with Gasteiger partial charge < -0.3 is 20.5 Å². The van der Waals surface area contributed by atoms with E-state index < -0.39 is 23.8 Å². The third-order valence-electron chi connectivity index (χ3n) is 4.87. The molecule has 3 amide bonds. The minimum absolute atomic E-state index is 0.261. The molecule has 0 unspecified atom stereocenters. The molecule has 1 aliphatic rings. The van der Waals surface area contributed by atoms with Crippen LogP contribution in [-0.2, 0) is 16.6 Å². The summed E-state index contributed by atoms with van der Waals surface area (Å²) in [5.41, 5.74) is 1.49. The summed E-state index contributed by atoms with van der Waals surface area (Å²) >= 11 is 0. The average Bonchev–Trinajstić information content (AvgIpc) is 3.14. The number of benzene rings is 2. The van der Waals surface area contributed by atoms with E-state index in [1.165, 1.54) is 12.3 Å². The van der Waals surface area contributed by atoms with Gasteiger partial charge in [0.15, 0.2) is 5.82 Å². The number of para-hydroxylation sites is 1. The molecule has 0 spiro atoms. The number of nitrogens with zero attached hydrogens (tertiary/aromatic N) is 2. The molecule has 3 aromatic rings. The number of aromatic nitrogens is 2. The Morgan fingerprint density at radius 2 is 1.94 bits per heavy atom. The van der Waals surface area contributed by atoms with Gasteiger partial charge in [-0.3, -0.25) is 19.2 Å². The van der Waals surface area contributed by atoms with Crippen LogP contribution in [0.15, 0.2) is 60.9 Å². The lowest BCUT2D eigenvalue weighted by Gasteiger charge is -2.14. The van der Waals surface area contributed by atoms with Crippen molar-refractivity contribution in [1.82, 2.24) is 14.9 Å². The third-order valence-corrected chi connectivity index (χ3v) is 4.87. The zero-order valence-corrected chi connectivity index (χ0v) is 16.6. The Morgan fingerprint density at radius 1 is 1.13 bits per heavy atom.